The quantitative estimate of drug-likeness (QED) is 0.321. The molecule has 4 rings (SSSR count). The molecule has 0 aliphatic carbocycles. The first-order chi connectivity index (χ1) is 15.8. The van der Waals surface area contributed by atoms with E-state index in [1.807, 2.05) is 0 Å². The van der Waals surface area contributed by atoms with Crippen LogP contribution in [0, 0.1) is 0 Å². The molecular weight excluding hydrogens is 477 g/mol. The topological polar surface area (TPSA) is 73.0 Å². The van der Waals surface area contributed by atoms with Gasteiger partial charge in [-0.2, -0.15) is 13.2 Å². The zero-order valence-electron chi connectivity index (χ0n) is 16.8. The number of hydrogen-bond acceptors (Lipinski definition) is 5. The minimum Gasteiger partial charge on any atom is -0.467 e. The van der Waals surface area contributed by atoms with Crippen LogP contribution >= 0.6 is 23.4 Å². The van der Waals surface area contributed by atoms with Crippen LogP contribution in [-0.2, 0) is 17.5 Å². The predicted octanol–water partition coefficient (Wildman–Crippen LogP) is 5.99. The fourth-order valence-electron chi connectivity index (χ4n) is 3.06. The molecule has 0 fully saturated rings. The molecule has 4 aromatic rings. The summed E-state index contributed by atoms with van der Waals surface area (Å²) >= 11 is 7.03. The van der Waals surface area contributed by atoms with Crippen molar-refractivity contribution in [3.05, 3.63) is 83.3 Å². The zero-order valence-corrected chi connectivity index (χ0v) is 18.4. The minimum atomic E-state index is -4.58. The lowest BCUT2D eigenvalue weighted by Gasteiger charge is -2.13. The molecule has 0 unspecified atom stereocenters. The maximum absolute atomic E-state index is 13.2. The van der Waals surface area contributed by atoms with Gasteiger partial charge in [0.05, 0.1) is 29.8 Å². The Morgan fingerprint density at radius 3 is 2.52 bits per heavy atom. The van der Waals surface area contributed by atoms with E-state index < -0.39 is 17.6 Å². The summed E-state index contributed by atoms with van der Waals surface area (Å²) in [7, 11) is 0. The van der Waals surface area contributed by atoms with E-state index in [4.69, 9.17) is 16.0 Å². The third-order valence-electron chi connectivity index (χ3n) is 4.55. The summed E-state index contributed by atoms with van der Waals surface area (Å²) in [6.07, 6.45) is -3.03. The Labute approximate surface area is 195 Å². The Morgan fingerprint density at radius 2 is 1.82 bits per heavy atom. The maximum atomic E-state index is 13.2. The Morgan fingerprint density at radius 1 is 1.06 bits per heavy atom. The molecule has 0 aliphatic rings. The summed E-state index contributed by atoms with van der Waals surface area (Å²) < 4.78 is 46.7. The fourth-order valence-corrected chi connectivity index (χ4v) is 3.93. The molecule has 1 N–H and O–H groups in total. The molecule has 11 heteroatoms. The van der Waals surface area contributed by atoms with Gasteiger partial charge in [-0.15, -0.1) is 10.2 Å². The van der Waals surface area contributed by atoms with Gasteiger partial charge in [-0.3, -0.25) is 9.36 Å². The van der Waals surface area contributed by atoms with Crippen molar-refractivity contribution in [1.29, 1.82) is 0 Å². The van der Waals surface area contributed by atoms with Crippen LogP contribution in [0.3, 0.4) is 0 Å². The van der Waals surface area contributed by atoms with E-state index in [0.717, 1.165) is 23.4 Å². The van der Waals surface area contributed by atoms with Crippen LogP contribution in [0.4, 0.5) is 18.9 Å². The Kier molecular flexibility index (Phi) is 6.75. The monoisotopic (exact) mass is 492 g/mol. The molecule has 170 valence electrons. The molecule has 33 heavy (non-hydrogen) atoms. The van der Waals surface area contributed by atoms with E-state index in [1.54, 1.807) is 47.2 Å². The highest BCUT2D eigenvalue weighted by atomic mass is 35.5. The molecule has 0 bridgehead atoms. The lowest BCUT2D eigenvalue weighted by atomic mass is 10.1. The van der Waals surface area contributed by atoms with Gasteiger partial charge in [-0.25, -0.2) is 0 Å². The summed E-state index contributed by atoms with van der Waals surface area (Å²) in [5.74, 6) is 0.421. The number of para-hydroxylation sites is 1. The molecule has 0 radical (unpaired) electrons. The number of benzene rings is 2. The summed E-state index contributed by atoms with van der Waals surface area (Å²) in [6.45, 7) is 0.304. The number of aromatic nitrogens is 3. The summed E-state index contributed by atoms with van der Waals surface area (Å²) in [6, 6.07) is 15.4. The second-order valence-electron chi connectivity index (χ2n) is 6.86. The highest BCUT2D eigenvalue weighted by Crippen LogP contribution is 2.34. The number of carbonyl (C=O) groups excluding carboxylic acids is 1. The molecule has 2 heterocycles. The van der Waals surface area contributed by atoms with E-state index >= 15 is 0 Å². The van der Waals surface area contributed by atoms with Crippen LogP contribution in [0.2, 0.25) is 5.02 Å². The van der Waals surface area contributed by atoms with Gasteiger partial charge in [-0.1, -0.05) is 35.5 Å². The average Bonchev–Trinajstić information content (AvgIpc) is 3.43. The highest BCUT2D eigenvalue weighted by molar-refractivity contribution is 7.99. The van der Waals surface area contributed by atoms with E-state index in [2.05, 4.69) is 15.5 Å². The van der Waals surface area contributed by atoms with Gasteiger partial charge in [0.15, 0.2) is 11.0 Å². The van der Waals surface area contributed by atoms with E-state index in [-0.39, 0.29) is 11.4 Å². The van der Waals surface area contributed by atoms with Crippen LogP contribution in [-0.4, -0.2) is 26.4 Å². The Hall–Kier alpha value is -3.24. The van der Waals surface area contributed by atoms with Crippen LogP contribution in [0.5, 0.6) is 0 Å². The summed E-state index contributed by atoms with van der Waals surface area (Å²) in [4.78, 5) is 12.4. The lowest BCUT2D eigenvalue weighted by Crippen LogP contribution is -2.18. The Balaban J connectivity index is 1.53. The van der Waals surface area contributed by atoms with Crippen molar-refractivity contribution >= 4 is 35.0 Å². The second kappa shape index (κ2) is 9.72. The zero-order chi connectivity index (χ0) is 23.4. The number of hydrogen-bond donors (Lipinski definition) is 1. The van der Waals surface area contributed by atoms with Crippen molar-refractivity contribution in [2.24, 2.45) is 0 Å². The predicted molar refractivity (Wildman–Crippen MR) is 119 cm³/mol. The number of anilines is 1. The van der Waals surface area contributed by atoms with Gasteiger partial charge < -0.3 is 9.73 Å². The first kappa shape index (κ1) is 22.9. The van der Waals surface area contributed by atoms with Gasteiger partial charge >= 0.3 is 6.18 Å². The molecule has 0 aliphatic heterocycles. The van der Waals surface area contributed by atoms with Crippen molar-refractivity contribution in [3.63, 3.8) is 0 Å². The maximum Gasteiger partial charge on any atom is 0.418 e. The molecule has 1 amide bonds. The highest BCUT2D eigenvalue weighted by Gasteiger charge is 2.33. The minimum absolute atomic E-state index is 0.164. The van der Waals surface area contributed by atoms with Crippen molar-refractivity contribution in [2.75, 3.05) is 11.1 Å². The number of rotatable bonds is 7. The van der Waals surface area contributed by atoms with Crippen molar-refractivity contribution in [2.45, 2.75) is 17.9 Å². The number of alkyl halides is 3. The van der Waals surface area contributed by atoms with Gasteiger partial charge in [0, 0.05) is 10.6 Å². The number of halogens is 4. The average molecular weight is 493 g/mol. The van der Waals surface area contributed by atoms with E-state index in [0.29, 0.717) is 28.3 Å². The SMILES string of the molecule is O=C(CSc1nnc(-c2ccc(Cl)cc2)n1Cc1ccco1)Nc1ccccc1C(F)(F)F. The third-order valence-corrected chi connectivity index (χ3v) is 5.77. The van der Waals surface area contributed by atoms with Crippen LogP contribution < -0.4 is 5.32 Å². The van der Waals surface area contributed by atoms with Crippen molar-refractivity contribution in [3.8, 4) is 11.4 Å². The standard InChI is InChI=1S/C22H16ClF3N4O2S/c23-15-9-7-14(8-10-15)20-28-29-21(30(20)12-16-4-3-11-32-16)33-13-19(31)27-18-6-2-1-5-17(18)22(24,25)26/h1-11H,12-13H2,(H,27,31). The van der Waals surface area contributed by atoms with Gasteiger partial charge in [0.2, 0.25) is 5.91 Å². The van der Waals surface area contributed by atoms with Crippen LogP contribution in [0.1, 0.15) is 11.3 Å². The van der Waals surface area contributed by atoms with Gasteiger partial charge in [0.25, 0.3) is 0 Å². The smallest absolute Gasteiger partial charge is 0.418 e. The van der Waals surface area contributed by atoms with Gasteiger partial charge in [0.1, 0.15) is 5.76 Å². The molecule has 0 atom stereocenters. The molecular formula is C22H16ClF3N4O2S. The van der Waals surface area contributed by atoms with Crippen LogP contribution in [0.15, 0.2) is 76.5 Å². The summed E-state index contributed by atoms with van der Waals surface area (Å²) in [5.41, 5.74) is -0.447. The third kappa shape index (κ3) is 5.58. The molecule has 0 spiro atoms. The largest absolute Gasteiger partial charge is 0.467 e. The number of nitrogens with one attached hydrogen (secondary N) is 1. The van der Waals surface area contributed by atoms with E-state index in [9.17, 15) is 18.0 Å². The first-order valence-corrected chi connectivity index (χ1v) is 11.0. The molecule has 2 aromatic heterocycles. The second-order valence-corrected chi connectivity index (χ2v) is 8.24. The van der Waals surface area contributed by atoms with Crippen molar-refractivity contribution < 1.29 is 22.4 Å². The van der Waals surface area contributed by atoms with Crippen LogP contribution in [0.25, 0.3) is 11.4 Å². The molecule has 6 nitrogen and oxygen atoms in total. The molecule has 0 saturated heterocycles. The first-order valence-electron chi connectivity index (χ1n) is 9.61. The molecule has 0 saturated carbocycles. The summed E-state index contributed by atoms with van der Waals surface area (Å²) in [5, 5.41) is 11.7. The fraction of sp³-hybridized carbons (Fsp3) is 0.136. The number of carbonyl (C=O) groups is 1. The number of nitrogens with zero attached hydrogens (tertiary/aromatic N) is 3. The molecule has 2 aromatic carbocycles. The number of furan rings is 1. The number of amides is 1. The Bertz CT molecular complexity index is 1240. The van der Waals surface area contributed by atoms with Crippen molar-refractivity contribution in [1.82, 2.24) is 14.8 Å². The lowest BCUT2D eigenvalue weighted by molar-refractivity contribution is -0.137. The van der Waals surface area contributed by atoms with E-state index in [1.165, 1.54) is 18.2 Å². The van der Waals surface area contributed by atoms with Gasteiger partial charge in [-0.05, 0) is 48.5 Å². The number of thioether (sulfide) groups is 1. The normalized spacial score (nSPS) is 11.5.